The summed E-state index contributed by atoms with van der Waals surface area (Å²) in [5, 5.41) is 8.83. The van der Waals surface area contributed by atoms with Crippen molar-refractivity contribution in [3.8, 4) is 0 Å². The molecule has 0 aromatic rings. The van der Waals surface area contributed by atoms with E-state index in [1.54, 1.807) is 0 Å². The maximum atomic E-state index is 10.7. The summed E-state index contributed by atoms with van der Waals surface area (Å²) in [7, 11) is 0. The van der Waals surface area contributed by atoms with Crippen molar-refractivity contribution in [3.63, 3.8) is 0 Å². The molecule has 3 heteroatoms. The topological polar surface area (TPSA) is 40.5 Å². The van der Waals surface area contributed by atoms with Crippen molar-refractivity contribution in [2.24, 2.45) is 5.92 Å². The lowest BCUT2D eigenvalue weighted by Gasteiger charge is -2.32. The van der Waals surface area contributed by atoms with Crippen molar-refractivity contribution in [1.82, 2.24) is 4.90 Å². The van der Waals surface area contributed by atoms with Gasteiger partial charge in [0.1, 0.15) is 0 Å². The number of fused-ring (bicyclic) bond motifs is 1. The first-order valence-electron chi connectivity index (χ1n) is 4.74. The van der Waals surface area contributed by atoms with Crippen molar-refractivity contribution in [2.75, 3.05) is 13.1 Å². The van der Waals surface area contributed by atoms with Gasteiger partial charge in [0.2, 0.25) is 0 Å². The van der Waals surface area contributed by atoms with Gasteiger partial charge in [-0.1, -0.05) is 0 Å². The van der Waals surface area contributed by atoms with Crippen molar-refractivity contribution in [1.29, 1.82) is 0 Å². The van der Waals surface area contributed by atoms with E-state index in [2.05, 4.69) is 4.90 Å². The van der Waals surface area contributed by atoms with Gasteiger partial charge >= 0.3 is 5.97 Å². The van der Waals surface area contributed by atoms with Crippen molar-refractivity contribution >= 4 is 5.97 Å². The summed E-state index contributed by atoms with van der Waals surface area (Å²) < 4.78 is 0. The van der Waals surface area contributed by atoms with E-state index in [-0.39, 0.29) is 5.92 Å². The van der Waals surface area contributed by atoms with Gasteiger partial charge in [-0.25, -0.2) is 0 Å². The molecule has 0 bridgehead atoms. The Hall–Kier alpha value is -0.570. The van der Waals surface area contributed by atoms with Crippen LogP contribution in [0.3, 0.4) is 0 Å². The molecule has 2 aliphatic heterocycles. The van der Waals surface area contributed by atoms with E-state index in [4.69, 9.17) is 5.11 Å². The average molecular weight is 169 g/mol. The summed E-state index contributed by atoms with van der Waals surface area (Å²) in [5.74, 6) is -0.709. The van der Waals surface area contributed by atoms with E-state index in [0.717, 1.165) is 25.9 Å². The van der Waals surface area contributed by atoms with Crippen LogP contribution in [-0.2, 0) is 4.79 Å². The molecular weight excluding hydrogens is 154 g/mol. The molecule has 0 spiro atoms. The number of hydrogen-bond donors (Lipinski definition) is 1. The Morgan fingerprint density at radius 1 is 1.33 bits per heavy atom. The number of aliphatic carboxylic acids is 1. The number of carboxylic acids is 1. The molecule has 68 valence electrons. The first-order chi connectivity index (χ1) is 5.77. The van der Waals surface area contributed by atoms with Crippen molar-refractivity contribution in [2.45, 2.75) is 31.7 Å². The predicted octanol–water partition coefficient (Wildman–Crippen LogP) is 0.945. The summed E-state index contributed by atoms with van der Waals surface area (Å²) in [4.78, 5) is 13.1. The van der Waals surface area contributed by atoms with Crippen molar-refractivity contribution in [3.05, 3.63) is 0 Å². The molecule has 0 amide bonds. The van der Waals surface area contributed by atoms with Crippen molar-refractivity contribution < 1.29 is 9.90 Å². The molecule has 2 atom stereocenters. The molecule has 2 fully saturated rings. The third-order valence-electron chi connectivity index (χ3n) is 3.15. The Bertz CT molecular complexity index is 193. The highest BCUT2D eigenvalue weighted by Crippen LogP contribution is 2.29. The quantitative estimate of drug-likeness (QED) is 0.635. The molecular formula is C9H15NO2. The van der Waals surface area contributed by atoms with E-state index in [9.17, 15) is 4.79 Å². The lowest BCUT2D eigenvalue weighted by atomic mass is 9.93. The number of piperidine rings is 1. The maximum Gasteiger partial charge on any atom is 0.307 e. The summed E-state index contributed by atoms with van der Waals surface area (Å²) >= 11 is 0. The molecule has 0 aromatic heterocycles. The van der Waals surface area contributed by atoms with Crippen LogP contribution in [0.25, 0.3) is 0 Å². The molecule has 0 radical (unpaired) electrons. The zero-order valence-electron chi connectivity index (χ0n) is 7.20. The molecule has 12 heavy (non-hydrogen) atoms. The highest BCUT2D eigenvalue weighted by Gasteiger charge is 2.34. The standard InChI is InChI=1S/C9H15NO2/c11-9(12)7-3-4-8-2-1-5-10(8)6-7/h7-8H,1-6H2,(H,11,12)/t7-,8+/m1/s1. The first-order valence-corrected chi connectivity index (χ1v) is 4.74. The summed E-state index contributed by atoms with van der Waals surface area (Å²) in [6.07, 6.45) is 4.52. The second kappa shape index (κ2) is 3.05. The van der Waals surface area contributed by atoms with E-state index in [1.165, 1.54) is 12.8 Å². The van der Waals surface area contributed by atoms with Crippen LogP contribution in [0.15, 0.2) is 0 Å². The second-order valence-electron chi connectivity index (χ2n) is 3.90. The minimum absolute atomic E-state index is 0.0978. The molecule has 2 aliphatic rings. The second-order valence-corrected chi connectivity index (χ2v) is 3.90. The number of carboxylic acid groups (broad SMARTS) is 1. The Morgan fingerprint density at radius 2 is 2.17 bits per heavy atom. The molecule has 2 saturated heterocycles. The van der Waals surface area contributed by atoms with Gasteiger partial charge in [0.05, 0.1) is 5.92 Å². The predicted molar refractivity (Wildman–Crippen MR) is 45.0 cm³/mol. The molecule has 0 saturated carbocycles. The van der Waals surface area contributed by atoms with Gasteiger partial charge in [0.25, 0.3) is 0 Å². The van der Waals surface area contributed by atoms with Gasteiger partial charge in [-0.2, -0.15) is 0 Å². The zero-order valence-corrected chi connectivity index (χ0v) is 7.20. The highest BCUT2D eigenvalue weighted by molar-refractivity contribution is 5.70. The molecule has 1 N–H and O–H groups in total. The maximum absolute atomic E-state index is 10.7. The minimum Gasteiger partial charge on any atom is -0.481 e. The van der Waals surface area contributed by atoms with Gasteiger partial charge < -0.3 is 5.11 Å². The van der Waals surface area contributed by atoms with Crippen LogP contribution in [0.1, 0.15) is 25.7 Å². The van der Waals surface area contributed by atoms with E-state index < -0.39 is 5.97 Å². The Kier molecular flexibility index (Phi) is 2.05. The molecule has 2 heterocycles. The number of carbonyl (C=O) groups is 1. The minimum atomic E-state index is -0.611. The molecule has 0 aromatic carbocycles. The third-order valence-corrected chi connectivity index (χ3v) is 3.15. The summed E-state index contributed by atoms with van der Waals surface area (Å²) in [6.45, 7) is 1.91. The summed E-state index contributed by atoms with van der Waals surface area (Å²) in [6, 6.07) is 0.709. The largest absolute Gasteiger partial charge is 0.481 e. The van der Waals surface area contributed by atoms with Crippen LogP contribution in [0.4, 0.5) is 0 Å². The van der Waals surface area contributed by atoms with E-state index in [1.807, 2.05) is 0 Å². The first kappa shape index (κ1) is 8.05. The lowest BCUT2D eigenvalue weighted by Crippen LogP contribution is -2.41. The SMILES string of the molecule is O=C(O)[C@@H]1CC[C@@H]2CCCN2C1. The van der Waals surface area contributed by atoms with E-state index >= 15 is 0 Å². The third kappa shape index (κ3) is 1.33. The normalized spacial score (nSPS) is 36.3. The van der Waals surface area contributed by atoms with E-state index in [0.29, 0.717) is 6.04 Å². The Morgan fingerprint density at radius 3 is 2.92 bits per heavy atom. The fraction of sp³-hybridized carbons (Fsp3) is 0.889. The number of hydrogen-bond acceptors (Lipinski definition) is 2. The van der Waals surface area contributed by atoms with Crippen LogP contribution < -0.4 is 0 Å². The molecule has 2 rings (SSSR count). The smallest absolute Gasteiger partial charge is 0.307 e. The fourth-order valence-electron chi connectivity index (χ4n) is 2.43. The summed E-state index contributed by atoms with van der Waals surface area (Å²) in [5.41, 5.74) is 0. The van der Waals surface area contributed by atoms with Gasteiger partial charge in [0.15, 0.2) is 0 Å². The molecule has 0 aliphatic carbocycles. The lowest BCUT2D eigenvalue weighted by molar-refractivity contribution is -0.143. The van der Waals surface area contributed by atoms with Crippen LogP contribution in [0.5, 0.6) is 0 Å². The van der Waals surface area contributed by atoms with Gasteiger partial charge in [-0.05, 0) is 32.2 Å². The Balaban J connectivity index is 1.96. The zero-order chi connectivity index (χ0) is 8.55. The monoisotopic (exact) mass is 169 g/mol. The van der Waals surface area contributed by atoms with Crippen LogP contribution >= 0.6 is 0 Å². The number of rotatable bonds is 1. The van der Waals surface area contributed by atoms with Crippen LogP contribution in [0.2, 0.25) is 0 Å². The highest BCUT2D eigenvalue weighted by atomic mass is 16.4. The van der Waals surface area contributed by atoms with Gasteiger partial charge in [0, 0.05) is 12.6 Å². The Labute approximate surface area is 72.4 Å². The van der Waals surface area contributed by atoms with Gasteiger partial charge in [-0.3, -0.25) is 9.69 Å². The molecule has 3 nitrogen and oxygen atoms in total. The average Bonchev–Trinajstić information content (AvgIpc) is 2.49. The van der Waals surface area contributed by atoms with Gasteiger partial charge in [-0.15, -0.1) is 0 Å². The number of nitrogens with zero attached hydrogens (tertiary/aromatic N) is 1. The molecule has 0 unspecified atom stereocenters. The van der Waals surface area contributed by atoms with Crippen LogP contribution in [0, 0.1) is 5.92 Å². The fourth-order valence-corrected chi connectivity index (χ4v) is 2.43. The van der Waals surface area contributed by atoms with Crippen LogP contribution in [-0.4, -0.2) is 35.1 Å².